The monoisotopic (exact) mass is 244 g/mol. The second-order valence-electron chi connectivity index (χ2n) is 3.34. The molecule has 1 aromatic rings. The quantitative estimate of drug-likeness (QED) is 0.434. The summed E-state index contributed by atoms with van der Waals surface area (Å²) in [6.07, 6.45) is 0. The van der Waals surface area contributed by atoms with Crippen molar-refractivity contribution >= 4 is 11.6 Å². The first-order chi connectivity index (χ1) is 7.77. The van der Waals surface area contributed by atoms with Gasteiger partial charge in [0.2, 0.25) is 0 Å². The maximum absolute atomic E-state index is 5.81. The van der Waals surface area contributed by atoms with Gasteiger partial charge < -0.3 is 9.47 Å². The van der Waals surface area contributed by atoms with Crippen LogP contribution in [0.5, 0.6) is 0 Å². The minimum atomic E-state index is -0.0332. The Morgan fingerprint density at radius 2 is 2.00 bits per heavy atom. The third kappa shape index (κ3) is 4.47. The van der Waals surface area contributed by atoms with E-state index in [1.165, 1.54) is 0 Å². The number of hydrogen-bond acceptors (Lipinski definition) is 4. The minimum Gasteiger partial charge on any atom is -0.382 e. The Hall–Kier alpha value is -0.650. The van der Waals surface area contributed by atoms with Gasteiger partial charge in [-0.05, 0) is 17.7 Å². The third-order valence-corrected chi connectivity index (χ3v) is 2.44. The molecule has 3 N–H and O–H groups in total. The maximum Gasteiger partial charge on any atom is 0.0701 e. The first-order valence-electron chi connectivity index (χ1n) is 5.06. The van der Waals surface area contributed by atoms with Crippen LogP contribution in [0.25, 0.3) is 0 Å². The van der Waals surface area contributed by atoms with E-state index < -0.39 is 0 Å². The average Bonchev–Trinajstić information content (AvgIpc) is 2.31. The summed E-state index contributed by atoms with van der Waals surface area (Å²) >= 11 is 5.81. The zero-order valence-electron chi connectivity index (χ0n) is 9.28. The summed E-state index contributed by atoms with van der Waals surface area (Å²) in [6, 6.07) is 7.47. The lowest BCUT2D eigenvalue weighted by Gasteiger charge is -2.16. The van der Waals surface area contributed by atoms with Crippen molar-refractivity contribution in [3.05, 3.63) is 34.9 Å². The van der Waals surface area contributed by atoms with Crippen molar-refractivity contribution in [2.75, 3.05) is 26.9 Å². The Labute approximate surface area is 101 Å². The fourth-order valence-electron chi connectivity index (χ4n) is 1.28. The number of hydrogen-bond donors (Lipinski definition) is 2. The molecule has 0 amide bonds. The fraction of sp³-hybridized carbons (Fsp3) is 0.455. The molecule has 0 bridgehead atoms. The van der Waals surface area contributed by atoms with E-state index in [0.29, 0.717) is 24.8 Å². The van der Waals surface area contributed by atoms with Crippen LogP contribution in [0.2, 0.25) is 5.02 Å². The van der Waals surface area contributed by atoms with Gasteiger partial charge in [0, 0.05) is 12.1 Å². The first-order valence-corrected chi connectivity index (χ1v) is 5.44. The first kappa shape index (κ1) is 13.4. The van der Waals surface area contributed by atoms with Crippen LogP contribution in [0.1, 0.15) is 11.6 Å². The molecule has 1 aromatic carbocycles. The number of nitrogens with one attached hydrogen (secondary N) is 1. The molecular formula is C11H17ClN2O2. The highest BCUT2D eigenvalue weighted by atomic mass is 35.5. The topological polar surface area (TPSA) is 56.5 Å². The van der Waals surface area contributed by atoms with Crippen molar-refractivity contribution in [2.45, 2.75) is 6.04 Å². The highest BCUT2D eigenvalue weighted by molar-refractivity contribution is 6.30. The molecule has 0 aliphatic carbocycles. The fourth-order valence-corrected chi connectivity index (χ4v) is 1.41. The number of hydrazine groups is 1. The highest BCUT2D eigenvalue weighted by Crippen LogP contribution is 2.16. The molecule has 90 valence electrons. The van der Waals surface area contributed by atoms with Crippen molar-refractivity contribution in [3.8, 4) is 0 Å². The van der Waals surface area contributed by atoms with Crippen LogP contribution in [0.4, 0.5) is 0 Å². The van der Waals surface area contributed by atoms with Gasteiger partial charge in [-0.1, -0.05) is 23.7 Å². The van der Waals surface area contributed by atoms with E-state index in [4.69, 9.17) is 26.9 Å². The van der Waals surface area contributed by atoms with Crippen molar-refractivity contribution in [2.24, 2.45) is 5.84 Å². The number of halogens is 1. The van der Waals surface area contributed by atoms with Gasteiger partial charge in [0.1, 0.15) is 0 Å². The number of benzene rings is 1. The van der Waals surface area contributed by atoms with Gasteiger partial charge >= 0.3 is 0 Å². The summed E-state index contributed by atoms with van der Waals surface area (Å²) in [5.41, 5.74) is 3.75. The van der Waals surface area contributed by atoms with E-state index in [2.05, 4.69) is 5.43 Å². The molecule has 0 aromatic heterocycles. The van der Waals surface area contributed by atoms with Crippen LogP contribution in [-0.2, 0) is 9.47 Å². The second-order valence-corrected chi connectivity index (χ2v) is 3.77. The maximum atomic E-state index is 5.81. The van der Waals surface area contributed by atoms with Crippen LogP contribution in [-0.4, -0.2) is 26.9 Å². The number of methoxy groups -OCH3 is 1. The van der Waals surface area contributed by atoms with Crippen LogP contribution in [0, 0.1) is 0 Å². The molecule has 0 saturated heterocycles. The third-order valence-electron chi connectivity index (χ3n) is 2.19. The Morgan fingerprint density at radius 3 is 2.56 bits per heavy atom. The largest absolute Gasteiger partial charge is 0.382 e. The van der Waals surface area contributed by atoms with E-state index >= 15 is 0 Å². The zero-order chi connectivity index (χ0) is 11.8. The van der Waals surface area contributed by atoms with Crippen LogP contribution >= 0.6 is 11.6 Å². The summed E-state index contributed by atoms with van der Waals surface area (Å²) in [5.74, 6) is 5.46. The smallest absolute Gasteiger partial charge is 0.0701 e. The van der Waals surface area contributed by atoms with Gasteiger partial charge in [0.25, 0.3) is 0 Å². The normalized spacial score (nSPS) is 12.7. The highest BCUT2D eigenvalue weighted by Gasteiger charge is 2.09. The van der Waals surface area contributed by atoms with E-state index in [1.54, 1.807) is 7.11 Å². The predicted octanol–water partition coefficient (Wildman–Crippen LogP) is 1.51. The van der Waals surface area contributed by atoms with E-state index in [1.807, 2.05) is 24.3 Å². The predicted molar refractivity (Wildman–Crippen MR) is 64.2 cm³/mol. The lowest BCUT2D eigenvalue weighted by atomic mass is 10.1. The molecule has 0 aliphatic rings. The summed E-state index contributed by atoms with van der Waals surface area (Å²) in [4.78, 5) is 0. The van der Waals surface area contributed by atoms with E-state index in [-0.39, 0.29) is 6.04 Å². The summed E-state index contributed by atoms with van der Waals surface area (Å²) in [5, 5.41) is 0.708. The molecule has 1 rings (SSSR count). The molecule has 0 fully saturated rings. The second kappa shape index (κ2) is 7.60. The van der Waals surface area contributed by atoms with E-state index in [0.717, 1.165) is 5.56 Å². The molecule has 4 nitrogen and oxygen atoms in total. The average molecular weight is 245 g/mol. The molecular weight excluding hydrogens is 228 g/mol. The van der Waals surface area contributed by atoms with Gasteiger partial charge in [-0.15, -0.1) is 0 Å². The number of nitrogens with two attached hydrogens (primary N) is 1. The van der Waals surface area contributed by atoms with Crippen molar-refractivity contribution in [3.63, 3.8) is 0 Å². The van der Waals surface area contributed by atoms with Crippen molar-refractivity contribution in [1.82, 2.24) is 5.43 Å². The molecule has 0 saturated carbocycles. The zero-order valence-corrected chi connectivity index (χ0v) is 10.0. The SMILES string of the molecule is COCCOCC(NN)c1ccc(Cl)cc1. The molecule has 1 unspecified atom stereocenters. The number of rotatable bonds is 7. The molecule has 0 radical (unpaired) electrons. The number of ether oxygens (including phenoxy) is 2. The molecule has 0 heterocycles. The Balaban J connectivity index is 2.44. The minimum absolute atomic E-state index is 0.0332. The molecule has 16 heavy (non-hydrogen) atoms. The van der Waals surface area contributed by atoms with E-state index in [9.17, 15) is 0 Å². The standard InChI is InChI=1S/C11H17ClN2O2/c1-15-6-7-16-8-11(14-13)9-2-4-10(12)5-3-9/h2-5,11,14H,6-8,13H2,1H3. The van der Waals surface area contributed by atoms with Gasteiger partial charge in [-0.25, -0.2) is 0 Å². The van der Waals surface area contributed by atoms with Gasteiger partial charge in [0.15, 0.2) is 0 Å². The molecule has 0 spiro atoms. The Morgan fingerprint density at radius 1 is 1.31 bits per heavy atom. The lowest BCUT2D eigenvalue weighted by Crippen LogP contribution is -2.31. The van der Waals surface area contributed by atoms with Gasteiger partial charge in [-0.3, -0.25) is 11.3 Å². The summed E-state index contributed by atoms with van der Waals surface area (Å²) < 4.78 is 10.3. The van der Waals surface area contributed by atoms with Crippen LogP contribution in [0.15, 0.2) is 24.3 Å². The van der Waals surface area contributed by atoms with Gasteiger partial charge in [0.05, 0.1) is 25.9 Å². The summed E-state index contributed by atoms with van der Waals surface area (Å²) in [6.45, 7) is 1.64. The van der Waals surface area contributed by atoms with Crippen LogP contribution < -0.4 is 11.3 Å². The van der Waals surface area contributed by atoms with Gasteiger partial charge in [-0.2, -0.15) is 0 Å². The van der Waals surface area contributed by atoms with Crippen molar-refractivity contribution < 1.29 is 9.47 Å². The Bertz CT molecular complexity index is 293. The van der Waals surface area contributed by atoms with Crippen LogP contribution in [0.3, 0.4) is 0 Å². The summed E-state index contributed by atoms with van der Waals surface area (Å²) in [7, 11) is 1.64. The molecule has 5 heteroatoms. The molecule has 0 aliphatic heterocycles. The molecule has 1 atom stereocenters. The lowest BCUT2D eigenvalue weighted by molar-refractivity contribution is 0.0586. The van der Waals surface area contributed by atoms with Crippen molar-refractivity contribution in [1.29, 1.82) is 0 Å². The Kier molecular flexibility index (Phi) is 6.37.